The van der Waals surface area contributed by atoms with Gasteiger partial charge in [0, 0.05) is 17.2 Å². The number of nitrogens with zero attached hydrogens (tertiary/aromatic N) is 4. The summed E-state index contributed by atoms with van der Waals surface area (Å²) in [7, 11) is 3.16. The molecule has 2 aromatic heterocycles. The van der Waals surface area contributed by atoms with Crippen LogP contribution in [0.15, 0.2) is 54.6 Å². The molecule has 0 unspecified atom stereocenters. The Bertz CT molecular complexity index is 1280. The molecule has 0 spiro atoms. The molecule has 0 bridgehead atoms. The van der Waals surface area contributed by atoms with Crippen LogP contribution in [-0.2, 0) is 11.2 Å². The van der Waals surface area contributed by atoms with Gasteiger partial charge in [0.15, 0.2) is 11.5 Å². The van der Waals surface area contributed by atoms with Gasteiger partial charge in [0.2, 0.25) is 11.8 Å². The van der Waals surface area contributed by atoms with Crippen molar-refractivity contribution in [2.75, 3.05) is 27.4 Å². The number of ether oxygens (including phenoxy) is 3. The topological polar surface area (TPSA) is 99.9 Å². The highest BCUT2D eigenvalue weighted by Crippen LogP contribution is 2.32. The van der Waals surface area contributed by atoms with E-state index in [4.69, 9.17) is 25.8 Å². The Morgan fingerprint density at radius 1 is 1.06 bits per heavy atom. The van der Waals surface area contributed by atoms with E-state index in [1.54, 1.807) is 43.0 Å². The first-order chi connectivity index (χ1) is 16.1. The van der Waals surface area contributed by atoms with Crippen molar-refractivity contribution in [3.63, 3.8) is 0 Å². The van der Waals surface area contributed by atoms with E-state index in [0.717, 1.165) is 5.56 Å². The summed E-state index contributed by atoms with van der Waals surface area (Å²) in [5.74, 6) is 1.98. The summed E-state index contributed by atoms with van der Waals surface area (Å²) in [5.41, 5.74) is 2.05. The van der Waals surface area contributed by atoms with Gasteiger partial charge in [-0.2, -0.15) is 4.52 Å². The first-order valence-corrected chi connectivity index (χ1v) is 10.5. The van der Waals surface area contributed by atoms with E-state index >= 15 is 0 Å². The molecule has 170 valence electrons. The van der Waals surface area contributed by atoms with Gasteiger partial charge in [0.05, 0.1) is 32.7 Å². The Morgan fingerprint density at radius 3 is 2.70 bits per heavy atom. The van der Waals surface area contributed by atoms with E-state index in [0.29, 0.717) is 46.0 Å². The maximum absolute atomic E-state index is 12.1. The van der Waals surface area contributed by atoms with E-state index < -0.39 is 0 Å². The van der Waals surface area contributed by atoms with Crippen LogP contribution in [0.3, 0.4) is 0 Å². The summed E-state index contributed by atoms with van der Waals surface area (Å²) in [6.07, 6.45) is 0.206. The quantitative estimate of drug-likeness (QED) is 0.377. The van der Waals surface area contributed by atoms with Crippen molar-refractivity contribution in [1.82, 2.24) is 25.1 Å². The summed E-state index contributed by atoms with van der Waals surface area (Å²) in [6, 6.07) is 16.1. The molecular weight excluding hydrogens is 446 g/mol. The first kappa shape index (κ1) is 22.3. The van der Waals surface area contributed by atoms with Crippen LogP contribution in [0, 0.1) is 0 Å². The predicted octanol–water partition coefficient (Wildman–Crippen LogP) is 3.20. The molecule has 9 nitrogen and oxygen atoms in total. The highest BCUT2D eigenvalue weighted by Gasteiger charge is 2.16. The molecule has 0 radical (unpaired) electrons. The largest absolute Gasteiger partial charge is 0.497 e. The van der Waals surface area contributed by atoms with Crippen LogP contribution in [0.4, 0.5) is 0 Å². The number of aromatic nitrogens is 4. The fraction of sp³-hybridized carbons (Fsp3) is 0.217. The molecule has 0 atom stereocenters. The fourth-order valence-electron chi connectivity index (χ4n) is 3.22. The lowest BCUT2D eigenvalue weighted by molar-refractivity contribution is -0.120. The molecule has 0 saturated heterocycles. The standard InChI is InChI=1S/C23H22ClN5O4/c1-31-16-7-8-17(19(14-16)32-2)23-27-26-20-9-10-22(28-29(20)23)33-12-11-25-21(30)13-15-5-3-4-6-18(15)24/h3-10,14H,11-13H2,1-2H3,(H,25,30). The summed E-state index contributed by atoms with van der Waals surface area (Å²) >= 11 is 6.10. The van der Waals surface area contributed by atoms with Crippen LogP contribution in [0.1, 0.15) is 5.56 Å². The van der Waals surface area contributed by atoms with Gasteiger partial charge in [-0.1, -0.05) is 29.8 Å². The SMILES string of the molecule is COc1ccc(-c2nnc3ccc(OCCNC(=O)Cc4ccccc4Cl)nn23)c(OC)c1. The Hall–Kier alpha value is -3.85. The van der Waals surface area contributed by atoms with Crippen molar-refractivity contribution in [1.29, 1.82) is 0 Å². The second-order valence-electron chi connectivity index (χ2n) is 7.00. The van der Waals surface area contributed by atoms with Gasteiger partial charge < -0.3 is 19.5 Å². The molecule has 33 heavy (non-hydrogen) atoms. The molecule has 0 aliphatic carbocycles. The molecule has 10 heteroatoms. The third kappa shape index (κ3) is 5.15. The molecule has 2 aromatic carbocycles. The van der Waals surface area contributed by atoms with E-state index in [-0.39, 0.29) is 18.9 Å². The molecule has 0 aliphatic heterocycles. The third-order valence-electron chi connectivity index (χ3n) is 4.87. The summed E-state index contributed by atoms with van der Waals surface area (Å²) in [4.78, 5) is 12.1. The normalized spacial score (nSPS) is 10.8. The number of amides is 1. The van der Waals surface area contributed by atoms with Crippen molar-refractivity contribution < 1.29 is 19.0 Å². The van der Waals surface area contributed by atoms with Crippen LogP contribution >= 0.6 is 11.6 Å². The number of fused-ring (bicyclic) bond motifs is 1. The number of carbonyl (C=O) groups excluding carboxylic acids is 1. The zero-order valence-electron chi connectivity index (χ0n) is 18.1. The van der Waals surface area contributed by atoms with Gasteiger partial charge in [0.1, 0.15) is 18.1 Å². The van der Waals surface area contributed by atoms with E-state index in [1.165, 1.54) is 0 Å². The Labute approximate surface area is 195 Å². The Morgan fingerprint density at radius 2 is 1.91 bits per heavy atom. The molecule has 4 rings (SSSR count). The summed E-state index contributed by atoms with van der Waals surface area (Å²) in [6.45, 7) is 0.570. The minimum Gasteiger partial charge on any atom is -0.497 e. The van der Waals surface area contributed by atoms with Gasteiger partial charge in [-0.15, -0.1) is 15.3 Å². The third-order valence-corrected chi connectivity index (χ3v) is 5.24. The number of nitrogens with one attached hydrogen (secondary N) is 1. The number of hydrogen-bond donors (Lipinski definition) is 1. The zero-order valence-corrected chi connectivity index (χ0v) is 18.9. The molecule has 4 aromatic rings. The monoisotopic (exact) mass is 467 g/mol. The second kappa shape index (κ2) is 10.2. The molecule has 0 aliphatic rings. The van der Waals surface area contributed by atoms with Crippen molar-refractivity contribution >= 4 is 23.2 Å². The van der Waals surface area contributed by atoms with Crippen LogP contribution in [-0.4, -0.2) is 53.1 Å². The molecule has 0 saturated carbocycles. The van der Waals surface area contributed by atoms with Crippen molar-refractivity contribution in [3.8, 4) is 28.8 Å². The lowest BCUT2D eigenvalue weighted by Crippen LogP contribution is -2.29. The van der Waals surface area contributed by atoms with Crippen LogP contribution < -0.4 is 19.5 Å². The number of benzene rings is 2. The van der Waals surface area contributed by atoms with Gasteiger partial charge in [-0.25, -0.2) is 0 Å². The number of rotatable bonds is 9. The van der Waals surface area contributed by atoms with Gasteiger partial charge >= 0.3 is 0 Å². The first-order valence-electron chi connectivity index (χ1n) is 10.2. The molecule has 1 amide bonds. The Balaban J connectivity index is 1.41. The van der Waals surface area contributed by atoms with Gasteiger partial charge in [-0.05, 0) is 29.8 Å². The maximum Gasteiger partial charge on any atom is 0.231 e. The summed E-state index contributed by atoms with van der Waals surface area (Å²) < 4.78 is 18.0. The Kier molecular flexibility index (Phi) is 6.89. The van der Waals surface area contributed by atoms with Crippen LogP contribution in [0.2, 0.25) is 5.02 Å². The number of halogens is 1. The fourth-order valence-corrected chi connectivity index (χ4v) is 3.43. The average Bonchev–Trinajstić information content (AvgIpc) is 3.26. The molecule has 2 heterocycles. The smallest absolute Gasteiger partial charge is 0.231 e. The van der Waals surface area contributed by atoms with E-state index in [1.807, 2.05) is 30.3 Å². The number of hydrogen-bond acceptors (Lipinski definition) is 7. The average molecular weight is 468 g/mol. The van der Waals surface area contributed by atoms with E-state index in [9.17, 15) is 4.79 Å². The van der Waals surface area contributed by atoms with Crippen molar-refractivity contribution in [3.05, 3.63) is 65.2 Å². The van der Waals surface area contributed by atoms with Gasteiger partial charge in [0.25, 0.3) is 0 Å². The van der Waals surface area contributed by atoms with Crippen molar-refractivity contribution in [2.24, 2.45) is 0 Å². The minimum absolute atomic E-state index is 0.136. The lowest BCUT2D eigenvalue weighted by atomic mass is 10.1. The minimum atomic E-state index is -0.136. The van der Waals surface area contributed by atoms with Gasteiger partial charge in [-0.3, -0.25) is 4.79 Å². The van der Waals surface area contributed by atoms with Crippen LogP contribution in [0.25, 0.3) is 17.0 Å². The highest BCUT2D eigenvalue weighted by atomic mass is 35.5. The van der Waals surface area contributed by atoms with Crippen LogP contribution in [0.5, 0.6) is 17.4 Å². The maximum atomic E-state index is 12.1. The van der Waals surface area contributed by atoms with E-state index in [2.05, 4.69) is 20.6 Å². The predicted molar refractivity (Wildman–Crippen MR) is 123 cm³/mol. The molecule has 1 N–H and O–H groups in total. The number of carbonyl (C=O) groups is 1. The molecular formula is C23H22ClN5O4. The van der Waals surface area contributed by atoms with Crippen molar-refractivity contribution in [2.45, 2.75) is 6.42 Å². The zero-order chi connectivity index (χ0) is 23.2. The molecule has 0 fully saturated rings. The number of methoxy groups -OCH3 is 2. The highest BCUT2D eigenvalue weighted by molar-refractivity contribution is 6.31. The second-order valence-corrected chi connectivity index (χ2v) is 7.41. The summed E-state index contributed by atoms with van der Waals surface area (Å²) in [5, 5.41) is 16.3. The lowest BCUT2D eigenvalue weighted by Gasteiger charge is -2.10.